The van der Waals surface area contributed by atoms with Gasteiger partial charge in [0.2, 0.25) is 0 Å². The first kappa shape index (κ1) is 19.4. The summed E-state index contributed by atoms with van der Waals surface area (Å²) < 4.78 is 7.62. The third kappa shape index (κ3) is 4.47. The molecule has 0 aliphatic rings. The van der Waals surface area contributed by atoms with Gasteiger partial charge in [0.15, 0.2) is 5.82 Å². The Morgan fingerprint density at radius 1 is 1.15 bits per heavy atom. The number of ether oxygens (including phenoxy) is 1. The first-order valence-electron chi connectivity index (χ1n) is 8.25. The predicted octanol–water partition coefficient (Wildman–Crippen LogP) is 5.21. The number of aromatic nitrogens is 2. The number of aryl methyl sites for hydroxylation is 1. The van der Waals surface area contributed by atoms with E-state index in [9.17, 15) is 10.1 Å². The minimum absolute atomic E-state index is 0.0538. The number of hydrogen-bond acceptors (Lipinski definition) is 4. The Kier molecular flexibility index (Phi) is 6.11. The Hall–Kier alpha value is -2.41. The molecule has 0 spiro atoms. The molecule has 3 rings (SSSR count). The molecule has 27 heavy (non-hydrogen) atoms. The maximum absolute atomic E-state index is 11.1. The van der Waals surface area contributed by atoms with Crippen molar-refractivity contribution < 1.29 is 9.66 Å². The number of imidazole rings is 1. The normalized spacial score (nSPS) is 12.1. The first-order valence-corrected chi connectivity index (χ1v) is 9.01. The summed E-state index contributed by atoms with van der Waals surface area (Å²) in [5.41, 5.74) is 1.81. The van der Waals surface area contributed by atoms with Gasteiger partial charge in [0.1, 0.15) is 18.8 Å². The van der Waals surface area contributed by atoms with E-state index in [1.807, 2.05) is 36.4 Å². The fourth-order valence-corrected chi connectivity index (χ4v) is 3.13. The van der Waals surface area contributed by atoms with Crippen LogP contribution in [0.4, 0.5) is 5.82 Å². The standard InChI is InChI=1S/C19H17Cl2N3O3/c1-13-22-12-18(24(25)26)23(13)9-10-27-19(14-5-3-2-4-6-14)15-7-8-16(20)17(21)11-15/h2-8,11-12,19H,9-10H2,1H3. The molecular weight excluding hydrogens is 389 g/mol. The smallest absolute Gasteiger partial charge is 0.342 e. The molecule has 0 saturated heterocycles. The molecule has 2 aromatic carbocycles. The highest BCUT2D eigenvalue weighted by molar-refractivity contribution is 6.42. The second-order valence-electron chi connectivity index (χ2n) is 5.91. The van der Waals surface area contributed by atoms with Crippen LogP contribution in [0.2, 0.25) is 10.0 Å². The fourth-order valence-electron chi connectivity index (χ4n) is 2.83. The van der Waals surface area contributed by atoms with Gasteiger partial charge in [0.05, 0.1) is 16.7 Å². The summed E-state index contributed by atoms with van der Waals surface area (Å²) in [6, 6.07) is 15.0. The van der Waals surface area contributed by atoms with Gasteiger partial charge in [-0.25, -0.2) is 9.55 Å². The van der Waals surface area contributed by atoms with E-state index in [0.717, 1.165) is 11.1 Å². The number of halogens is 2. The van der Waals surface area contributed by atoms with Crippen LogP contribution in [0.3, 0.4) is 0 Å². The number of benzene rings is 2. The van der Waals surface area contributed by atoms with Crippen molar-refractivity contribution in [1.29, 1.82) is 0 Å². The zero-order valence-electron chi connectivity index (χ0n) is 14.5. The number of nitro groups is 1. The van der Waals surface area contributed by atoms with E-state index in [4.69, 9.17) is 27.9 Å². The molecule has 140 valence electrons. The topological polar surface area (TPSA) is 70.2 Å². The van der Waals surface area contributed by atoms with Crippen LogP contribution < -0.4 is 0 Å². The lowest BCUT2D eigenvalue weighted by Gasteiger charge is -2.19. The molecule has 0 amide bonds. The molecule has 0 aliphatic carbocycles. The average molecular weight is 406 g/mol. The van der Waals surface area contributed by atoms with Gasteiger partial charge < -0.3 is 14.9 Å². The quantitative estimate of drug-likeness (QED) is 0.399. The van der Waals surface area contributed by atoms with Gasteiger partial charge in [0.25, 0.3) is 0 Å². The van der Waals surface area contributed by atoms with Crippen molar-refractivity contribution in [3.8, 4) is 0 Å². The Morgan fingerprint density at radius 3 is 2.56 bits per heavy atom. The van der Waals surface area contributed by atoms with Crippen molar-refractivity contribution in [3.05, 3.63) is 91.8 Å². The summed E-state index contributed by atoms with van der Waals surface area (Å²) in [6.07, 6.45) is 0.882. The van der Waals surface area contributed by atoms with Gasteiger partial charge in [-0.2, -0.15) is 0 Å². The van der Waals surface area contributed by atoms with Gasteiger partial charge in [-0.05, 0) is 28.2 Å². The van der Waals surface area contributed by atoms with Gasteiger partial charge in [0, 0.05) is 6.92 Å². The highest BCUT2D eigenvalue weighted by Crippen LogP contribution is 2.31. The zero-order valence-corrected chi connectivity index (χ0v) is 16.0. The van der Waals surface area contributed by atoms with Crippen LogP contribution in [0, 0.1) is 17.0 Å². The van der Waals surface area contributed by atoms with Crippen LogP contribution in [0.25, 0.3) is 0 Å². The van der Waals surface area contributed by atoms with Crippen molar-refractivity contribution in [2.75, 3.05) is 6.61 Å². The largest absolute Gasteiger partial charge is 0.365 e. The van der Waals surface area contributed by atoms with Crippen molar-refractivity contribution in [1.82, 2.24) is 9.55 Å². The molecule has 0 radical (unpaired) electrons. The SMILES string of the molecule is Cc1ncc([N+](=O)[O-])n1CCOC(c1ccccc1)c1ccc(Cl)c(Cl)c1. The van der Waals surface area contributed by atoms with Crippen LogP contribution in [-0.4, -0.2) is 21.1 Å². The van der Waals surface area contributed by atoms with Gasteiger partial charge >= 0.3 is 5.82 Å². The fraction of sp³-hybridized carbons (Fsp3) is 0.211. The Balaban J connectivity index is 1.82. The van der Waals surface area contributed by atoms with Gasteiger partial charge in [-0.15, -0.1) is 0 Å². The van der Waals surface area contributed by atoms with E-state index in [1.165, 1.54) is 10.8 Å². The first-order chi connectivity index (χ1) is 13.0. The van der Waals surface area contributed by atoms with E-state index in [2.05, 4.69) is 4.98 Å². The zero-order chi connectivity index (χ0) is 19.4. The van der Waals surface area contributed by atoms with Gasteiger partial charge in [-0.1, -0.05) is 59.6 Å². The lowest BCUT2D eigenvalue weighted by molar-refractivity contribution is -0.392. The monoisotopic (exact) mass is 405 g/mol. The maximum atomic E-state index is 11.1. The van der Waals surface area contributed by atoms with Crippen LogP contribution in [0.5, 0.6) is 0 Å². The number of rotatable bonds is 7. The number of hydrogen-bond donors (Lipinski definition) is 0. The molecule has 1 heterocycles. The molecule has 1 unspecified atom stereocenters. The van der Waals surface area contributed by atoms with Crippen molar-refractivity contribution in [3.63, 3.8) is 0 Å². The lowest BCUT2D eigenvalue weighted by atomic mass is 10.0. The molecule has 3 aromatic rings. The highest BCUT2D eigenvalue weighted by Gasteiger charge is 2.20. The van der Waals surface area contributed by atoms with Crippen LogP contribution in [0.15, 0.2) is 54.7 Å². The highest BCUT2D eigenvalue weighted by atomic mass is 35.5. The van der Waals surface area contributed by atoms with E-state index < -0.39 is 4.92 Å². The second-order valence-corrected chi connectivity index (χ2v) is 6.72. The van der Waals surface area contributed by atoms with E-state index in [-0.39, 0.29) is 18.5 Å². The molecule has 0 aliphatic heterocycles. The molecule has 0 saturated carbocycles. The Bertz CT molecular complexity index is 945. The minimum atomic E-state index is -0.451. The minimum Gasteiger partial charge on any atom is -0.365 e. The summed E-state index contributed by atoms with van der Waals surface area (Å²) in [6.45, 7) is 2.30. The molecule has 6 nitrogen and oxygen atoms in total. The Morgan fingerprint density at radius 2 is 1.89 bits per heavy atom. The molecule has 8 heteroatoms. The van der Waals surface area contributed by atoms with Gasteiger partial charge in [-0.3, -0.25) is 0 Å². The van der Waals surface area contributed by atoms with E-state index >= 15 is 0 Å². The van der Waals surface area contributed by atoms with E-state index in [0.29, 0.717) is 22.4 Å². The molecular formula is C19H17Cl2N3O3. The number of nitrogens with zero attached hydrogens (tertiary/aromatic N) is 3. The third-order valence-electron chi connectivity index (χ3n) is 4.17. The summed E-state index contributed by atoms with van der Waals surface area (Å²) in [4.78, 5) is 14.7. The predicted molar refractivity (Wildman–Crippen MR) is 104 cm³/mol. The lowest BCUT2D eigenvalue weighted by Crippen LogP contribution is -2.14. The van der Waals surface area contributed by atoms with E-state index in [1.54, 1.807) is 19.1 Å². The summed E-state index contributed by atoms with van der Waals surface area (Å²) in [5, 5.41) is 12.0. The maximum Gasteiger partial charge on any atom is 0.342 e. The summed E-state index contributed by atoms with van der Waals surface area (Å²) >= 11 is 12.2. The molecule has 0 N–H and O–H groups in total. The molecule has 0 fully saturated rings. The van der Waals surface area contributed by atoms with Crippen molar-refractivity contribution in [2.24, 2.45) is 0 Å². The van der Waals surface area contributed by atoms with Crippen molar-refractivity contribution in [2.45, 2.75) is 19.6 Å². The van der Waals surface area contributed by atoms with Crippen LogP contribution in [0.1, 0.15) is 23.1 Å². The molecule has 1 atom stereocenters. The molecule has 1 aromatic heterocycles. The van der Waals surface area contributed by atoms with Crippen LogP contribution >= 0.6 is 23.2 Å². The second kappa shape index (κ2) is 8.52. The summed E-state index contributed by atoms with van der Waals surface area (Å²) in [5.74, 6) is 0.512. The van der Waals surface area contributed by atoms with Crippen LogP contribution in [-0.2, 0) is 11.3 Å². The Labute approximate surface area is 166 Å². The van der Waals surface area contributed by atoms with Crippen molar-refractivity contribution >= 4 is 29.0 Å². The summed E-state index contributed by atoms with van der Waals surface area (Å²) in [7, 11) is 0. The molecule has 0 bridgehead atoms. The average Bonchev–Trinajstić information content (AvgIpc) is 3.03. The third-order valence-corrected chi connectivity index (χ3v) is 4.91.